The lowest BCUT2D eigenvalue weighted by Crippen LogP contribution is -2.52. The Morgan fingerprint density at radius 1 is 0.833 bits per heavy atom. The van der Waals surface area contributed by atoms with Crippen LogP contribution in [-0.4, -0.2) is 40.1 Å². The Labute approximate surface area is 226 Å². The summed E-state index contributed by atoms with van der Waals surface area (Å²) in [6.07, 6.45) is 5.09. The number of imide groups is 1. The highest BCUT2D eigenvalue weighted by molar-refractivity contribution is 6.42. The van der Waals surface area contributed by atoms with Crippen molar-refractivity contribution in [2.75, 3.05) is 6.54 Å². The molecule has 184 valence electrons. The number of hydrogen-bond acceptors (Lipinski definition) is 4. The van der Waals surface area contributed by atoms with Gasteiger partial charge in [0, 0.05) is 16.1 Å². The predicted molar refractivity (Wildman–Crippen MR) is 135 cm³/mol. The largest absolute Gasteiger partial charge is 0.292 e. The van der Waals surface area contributed by atoms with Crippen LogP contribution in [0.5, 0.6) is 0 Å². The van der Waals surface area contributed by atoms with Gasteiger partial charge in [0.2, 0.25) is 0 Å². The van der Waals surface area contributed by atoms with Crippen LogP contribution in [0.4, 0.5) is 0 Å². The first kappa shape index (κ1) is 24.0. The summed E-state index contributed by atoms with van der Waals surface area (Å²) >= 11 is 24.3. The molecule has 0 aromatic heterocycles. The van der Waals surface area contributed by atoms with Gasteiger partial charge in [-0.2, -0.15) is 5.01 Å². The summed E-state index contributed by atoms with van der Waals surface area (Å²) in [6, 6.07) is 8.58. The van der Waals surface area contributed by atoms with E-state index in [0.29, 0.717) is 16.9 Å². The van der Waals surface area contributed by atoms with Crippen molar-refractivity contribution < 1.29 is 19.2 Å². The van der Waals surface area contributed by atoms with E-state index in [9.17, 15) is 19.2 Å². The number of hydrogen-bond donors (Lipinski definition) is 0. The second-order valence-electron chi connectivity index (χ2n) is 9.68. The average molecular weight is 564 g/mol. The normalized spacial score (nSPS) is 29.3. The van der Waals surface area contributed by atoms with Gasteiger partial charge in [-0.05, 0) is 66.5 Å². The maximum atomic E-state index is 13.7. The number of carbonyl (C=O) groups is 4. The molecule has 2 aromatic rings. The number of benzene rings is 2. The van der Waals surface area contributed by atoms with Gasteiger partial charge in [-0.25, -0.2) is 5.01 Å². The van der Waals surface area contributed by atoms with Crippen LogP contribution in [0.25, 0.3) is 0 Å². The highest BCUT2D eigenvalue weighted by Crippen LogP contribution is 2.65. The van der Waals surface area contributed by atoms with Gasteiger partial charge in [-0.15, -0.1) is 0 Å². The molecule has 6 nitrogen and oxygen atoms in total. The van der Waals surface area contributed by atoms with Crippen molar-refractivity contribution in [3.8, 4) is 0 Å². The quantitative estimate of drug-likeness (QED) is 0.270. The van der Waals surface area contributed by atoms with Crippen molar-refractivity contribution in [3.63, 3.8) is 0 Å². The highest BCUT2D eigenvalue weighted by Gasteiger charge is 2.68. The minimum Gasteiger partial charge on any atom is -0.292 e. The summed E-state index contributed by atoms with van der Waals surface area (Å²) < 4.78 is 0. The second-order valence-corrected chi connectivity index (χ2v) is 11.3. The Morgan fingerprint density at radius 3 is 2.06 bits per heavy atom. The molecule has 3 fully saturated rings. The lowest BCUT2D eigenvalue weighted by Gasteiger charge is -2.37. The molecule has 2 aromatic carbocycles. The molecule has 4 aliphatic carbocycles. The summed E-state index contributed by atoms with van der Waals surface area (Å²) in [5.41, 5.74) is 0.200. The van der Waals surface area contributed by atoms with Crippen LogP contribution in [0.3, 0.4) is 0 Å². The SMILES string of the molecule is O=C(CN(C(=O)c1ccc(Cl)c(Cl)c1)N1C(=O)[C@@H]2[C@H]3C=C[C@@H]([C@@H]4C[C@@H]34)[C@H]2C1=O)c1ccc(Cl)cc1Cl. The number of ketones is 1. The van der Waals surface area contributed by atoms with E-state index in [-0.39, 0.29) is 38.0 Å². The van der Waals surface area contributed by atoms with Crippen LogP contribution < -0.4 is 0 Å². The van der Waals surface area contributed by atoms with Crippen LogP contribution >= 0.6 is 46.4 Å². The Hall–Kier alpha value is -2.38. The first-order valence-electron chi connectivity index (χ1n) is 11.5. The molecule has 2 saturated carbocycles. The molecule has 6 atom stereocenters. The van der Waals surface area contributed by atoms with Gasteiger partial charge in [0.1, 0.15) is 6.54 Å². The number of nitrogens with zero attached hydrogens (tertiary/aromatic N) is 2. The third-order valence-electron chi connectivity index (χ3n) is 7.81. The third kappa shape index (κ3) is 3.61. The third-order valence-corrected chi connectivity index (χ3v) is 9.09. The summed E-state index contributed by atoms with van der Waals surface area (Å²) in [6.45, 7) is -0.576. The van der Waals surface area contributed by atoms with Gasteiger partial charge >= 0.3 is 0 Å². The molecule has 1 heterocycles. The molecule has 0 spiro atoms. The molecule has 0 N–H and O–H groups in total. The number of halogens is 4. The van der Waals surface area contributed by atoms with Gasteiger partial charge in [-0.3, -0.25) is 19.2 Å². The van der Waals surface area contributed by atoms with E-state index in [1.54, 1.807) is 0 Å². The topological polar surface area (TPSA) is 74.8 Å². The number of rotatable bonds is 5. The Morgan fingerprint density at radius 2 is 1.47 bits per heavy atom. The van der Waals surface area contributed by atoms with Crippen molar-refractivity contribution in [1.82, 2.24) is 10.0 Å². The van der Waals surface area contributed by atoms with E-state index < -0.39 is 41.9 Å². The lowest BCUT2D eigenvalue weighted by atomic mass is 9.63. The van der Waals surface area contributed by atoms with Crippen LogP contribution in [0.2, 0.25) is 20.1 Å². The van der Waals surface area contributed by atoms with Gasteiger partial charge in [0.25, 0.3) is 17.7 Å². The zero-order chi connectivity index (χ0) is 25.5. The lowest BCUT2D eigenvalue weighted by molar-refractivity contribution is -0.154. The van der Waals surface area contributed by atoms with Crippen molar-refractivity contribution in [2.24, 2.45) is 35.5 Å². The van der Waals surface area contributed by atoms with E-state index in [2.05, 4.69) is 0 Å². The summed E-state index contributed by atoms with van der Waals surface area (Å²) in [7, 11) is 0. The molecule has 2 bridgehead atoms. The Bertz CT molecular complexity index is 1360. The molecular weight excluding hydrogens is 546 g/mol. The number of amides is 3. The minimum atomic E-state index is -0.724. The van der Waals surface area contributed by atoms with Crippen molar-refractivity contribution in [2.45, 2.75) is 6.42 Å². The summed E-state index contributed by atoms with van der Waals surface area (Å²) in [4.78, 5) is 54.4. The fourth-order valence-electron chi connectivity index (χ4n) is 6.13. The van der Waals surface area contributed by atoms with Crippen LogP contribution in [0.1, 0.15) is 27.1 Å². The zero-order valence-corrected chi connectivity index (χ0v) is 21.6. The van der Waals surface area contributed by atoms with E-state index >= 15 is 0 Å². The molecule has 7 rings (SSSR count). The van der Waals surface area contributed by atoms with Gasteiger partial charge in [-0.1, -0.05) is 58.6 Å². The smallest absolute Gasteiger partial charge is 0.273 e. The standard InChI is InChI=1S/C26H18Cl4N2O4/c27-12-2-3-15(19(29)8-12)21(33)10-31(24(34)11-1-6-18(28)20(30)7-11)32-25(35)22-13-4-5-14(17-9-16(13)17)23(22)26(32)36/h1-8,13-14,16-17,22-23H,9-10H2/t13-,14-,16-,17-,22+,23+/m0/s1. The van der Waals surface area contributed by atoms with Crippen molar-refractivity contribution >= 4 is 69.9 Å². The maximum Gasteiger partial charge on any atom is 0.273 e. The van der Waals surface area contributed by atoms with E-state index in [4.69, 9.17) is 46.4 Å². The van der Waals surface area contributed by atoms with Gasteiger partial charge in [0.15, 0.2) is 5.78 Å². The number of Topliss-reactive ketones (excluding diaryl/α,β-unsaturated/α-hetero) is 1. The van der Waals surface area contributed by atoms with E-state index in [0.717, 1.165) is 16.4 Å². The minimum absolute atomic E-state index is 0.0326. The van der Waals surface area contributed by atoms with Gasteiger partial charge in [0.05, 0.1) is 26.9 Å². The molecule has 1 saturated heterocycles. The monoisotopic (exact) mass is 562 g/mol. The highest BCUT2D eigenvalue weighted by atomic mass is 35.5. The first-order chi connectivity index (χ1) is 17.2. The fraction of sp³-hybridized carbons (Fsp3) is 0.308. The average Bonchev–Trinajstić information content (AvgIpc) is 3.62. The molecule has 10 heteroatoms. The van der Waals surface area contributed by atoms with E-state index in [1.165, 1.54) is 36.4 Å². The molecule has 3 amide bonds. The first-order valence-corrected chi connectivity index (χ1v) is 13.0. The molecule has 0 radical (unpaired) electrons. The molecule has 0 unspecified atom stereocenters. The second kappa shape index (κ2) is 8.59. The molecule has 36 heavy (non-hydrogen) atoms. The summed E-state index contributed by atoms with van der Waals surface area (Å²) in [5.74, 6) is -2.54. The van der Waals surface area contributed by atoms with Crippen LogP contribution in [-0.2, 0) is 9.59 Å². The molecule has 5 aliphatic rings. The molecular formula is C26H18Cl4N2O4. The number of allylic oxidation sites excluding steroid dienone is 2. The molecule has 1 aliphatic heterocycles. The van der Waals surface area contributed by atoms with E-state index in [1.807, 2.05) is 12.2 Å². The zero-order valence-electron chi connectivity index (χ0n) is 18.5. The van der Waals surface area contributed by atoms with Gasteiger partial charge < -0.3 is 0 Å². The van der Waals surface area contributed by atoms with Crippen LogP contribution in [0, 0.1) is 35.5 Å². The predicted octanol–water partition coefficient (Wildman–Crippen LogP) is 5.59. The summed E-state index contributed by atoms with van der Waals surface area (Å²) in [5, 5.41) is 2.61. The Kier molecular flexibility index (Phi) is 5.72. The number of carbonyl (C=O) groups excluding carboxylic acids is 4. The Balaban J connectivity index is 1.38. The van der Waals surface area contributed by atoms with Crippen LogP contribution in [0.15, 0.2) is 48.6 Å². The van der Waals surface area contributed by atoms with Crippen molar-refractivity contribution in [1.29, 1.82) is 0 Å². The number of hydrazine groups is 1. The maximum absolute atomic E-state index is 13.7. The van der Waals surface area contributed by atoms with Crippen molar-refractivity contribution in [3.05, 3.63) is 79.8 Å². The fourth-order valence-corrected chi connectivity index (χ4v) is 6.94.